The molecule has 2 saturated carbocycles. The van der Waals surface area contributed by atoms with Crippen molar-refractivity contribution in [1.29, 1.82) is 5.26 Å². The molecule has 2 aliphatic carbocycles. The van der Waals surface area contributed by atoms with E-state index in [1.807, 2.05) is 0 Å². The van der Waals surface area contributed by atoms with Gasteiger partial charge in [0.1, 0.15) is 0 Å². The predicted octanol–water partition coefficient (Wildman–Crippen LogP) is 3.16. The van der Waals surface area contributed by atoms with Crippen LogP contribution in [-0.2, 0) is 4.79 Å². The van der Waals surface area contributed by atoms with E-state index in [4.69, 9.17) is 5.26 Å². The lowest BCUT2D eigenvalue weighted by atomic mass is 9.86. The van der Waals surface area contributed by atoms with E-state index in [9.17, 15) is 4.79 Å². The molecule has 3 nitrogen and oxygen atoms in total. The number of nitrogens with one attached hydrogen (secondary N) is 1. The summed E-state index contributed by atoms with van der Waals surface area (Å²) in [5, 5.41) is 12.0. The minimum absolute atomic E-state index is 0.0450. The molecular weight excluding hydrogens is 224 g/mol. The lowest BCUT2D eigenvalue weighted by molar-refractivity contribution is -0.122. The molecule has 2 rings (SSSR count). The van der Waals surface area contributed by atoms with E-state index in [0.717, 1.165) is 31.6 Å². The number of nitriles is 1. The monoisotopic (exact) mass is 248 g/mol. The summed E-state index contributed by atoms with van der Waals surface area (Å²) in [5.74, 6) is 0.969. The Bertz CT molecular complexity index is 315. The Balaban J connectivity index is 1.67. The highest BCUT2D eigenvalue weighted by Gasteiger charge is 2.28. The van der Waals surface area contributed by atoms with Gasteiger partial charge >= 0.3 is 0 Å². The smallest absolute Gasteiger partial charge is 0.220 e. The molecule has 100 valence electrons. The van der Waals surface area contributed by atoms with Gasteiger partial charge in [-0.3, -0.25) is 4.79 Å². The van der Waals surface area contributed by atoms with Crippen molar-refractivity contribution in [2.45, 2.75) is 70.3 Å². The van der Waals surface area contributed by atoms with Crippen molar-refractivity contribution in [2.24, 2.45) is 11.8 Å². The van der Waals surface area contributed by atoms with Crippen LogP contribution in [0.4, 0.5) is 0 Å². The molecule has 0 saturated heterocycles. The zero-order chi connectivity index (χ0) is 12.8. The van der Waals surface area contributed by atoms with Crippen LogP contribution in [0.2, 0.25) is 0 Å². The average Bonchev–Trinajstić information content (AvgIpc) is 2.85. The minimum Gasteiger partial charge on any atom is -0.352 e. The average molecular weight is 248 g/mol. The first-order chi connectivity index (χ1) is 8.79. The molecular formula is C15H24N2O. The van der Waals surface area contributed by atoms with E-state index in [1.54, 1.807) is 0 Å². The van der Waals surface area contributed by atoms with Crippen LogP contribution in [-0.4, -0.2) is 11.9 Å². The Morgan fingerprint density at radius 1 is 1.11 bits per heavy atom. The summed E-state index contributed by atoms with van der Waals surface area (Å²) >= 11 is 0. The quantitative estimate of drug-likeness (QED) is 0.831. The summed E-state index contributed by atoms with van der Waals surface area (Å²) in [6.07, 6.45) is 11.3. The molecule has 1 N–H and O–H groups in total. The van der Waals surface area contributed by atoms with Crippen LogP contribution in [0.25, 0.3) is 0 Å². The summed E-state index contributed by atoms with van der Waals surface area (Å²) in [5.41, 5.74) is 0. The minimum atomic E-state index is 0.0450. The van der Waals surface area contributed by atoms with Crippen molar-refractivity contribution >= 4 is 5.91 Å². The maximum Gasteiger partial charge on any atom is 0.220 e. The van der Waals surface area contributed by atoms with Crippen LogP contribution in [0.5, 0.6) is 0 Å². The zero-order valence-corrected chi connectivity index (χ0v) is 11.2. The van der Waals surface area contributed by atoms with Gasteiger partial charge in [-0.15, -0.1) is 0 Å². The largest absolute Gasteiger partial charge is 0.352 e. The molecule has 18 heavy (non-hydrogen) atoms. The molecule has 0 spiro atoms. The second kappa shape index (κ2) is 6.78. The number of carbonyl (C=O) groups excluding carboxylic acids is 1. The highest BCUT2D eigenvalue weighted by Crippen LogP contribution is 2.28. The van der Waals surface area contributed by atoms with Gasteiger partial charge in [0, 0.05) is 12.5 Å². The van der Waals surface area contributed by atoms with Crippen LogP contribution in [0.15, 0.2) is 0 Å². The third-order valence-electron chi connectivity index (χ3n) is 4.53. The first kappa shape index (κ1) is 13.4. The molecule has 1 amide bonds. The zero-order valence-electron chi connectivity index (χ0n) is 11.2. The Hall–Kier alpha value is -1.04. The van der Waals surface area contributed by atoms with Crippen LogP contribution in [0, 0.1) is 23.2 Å². The van der Waals surface area contributed by atoms with Crippen LogP contribution < -0.4 is 5.32 Å². The molecule has 0 aliphatic heterocycles. The highest BCUT2D eigenvalue weighted by molar-refractivity contribution is 5.76. The van der Waals surface area contributed by atoms with Crippen molar-refractivity contribution < 1.29 is 4.79 Å². The highest BCUT2D eigenvalue weighted by atomic mass is 16.1. The van der Waals surface area contributed by atoms with Gasteiger partial charge in [-0.25, -0.2) is 0 Å². The third kappa shape index (κ3) is 3.73. The molecule has 2 aliphatic rings. The molecule has 2 unspecified atom stereocenters. The Kier molecular flexibility index (Phi) is 5.04. The van der Waals surface area contributed by atoms with E-state index < -0.39 is 0 Å². The number of amides is 1. The maximum absolute atomic E-state index is 11.9. The first-order valence-electron chi connectivity index (χ1n) is 7.48. The molecule has 0 bridgehead atoms. The molecule has 2 fully saturated rings. The summed E-state index contributed by atoms with van der Waals surface area (Å²) in [4.78, 5) is 11.9. The standard InChI is InChI=1S/C15H24N2O/c16-11-13-7-4-8-14(13)17-15(18)10-9-12-5-2-1-3-6-12/h12-14H,1-10H2,(H,17,18). The number of hydrogen-bond donors (Lipinski definition) is 1. The van der Waals surface area contributed by atoms with Crippen LogP contribution in [0.3, 0.4) is 0 Å². The summed E-state index contributed by atoms with van der Waals surface area (Å²) < 4.78 is 0. The lowest BCUT2D eigenvalue weighted by Crippen LogP contribution is -2.37. The molecule has 0 aromatic carbocycles. The predicted molar refractivity (Wildman–Crippen MR) is 70.7 cm³/mol. The number of rotatable bonds is 4. The van der Waals surface area contributed by atoms with E-state index >= 15 is 0 Å². The van der Waals surface area contributed by atoms with Gasteiger partial charge in [0.2, 0.25) is 5.91 Å². The molecule has 0 aromatic rings. The summed E-state index contributed by atoms with van der Waals surface area (Å²) in [6, 6.07) is 2.43. The van der Waals surface area contributed by atoms with Gasteiger partial charge in [-0.05, 0) is 31.6 Å². The second-order valence-corrected chi connectivity index (χ2v) is 5.88. The number of nitrogens with zero attached hydrogens (tertiary/aromatic N) is 1. The number of carbonyl (C=O) groups is 1. The van der Waals surface area contributed by atoms with E-state index in [0.29, 0.717) is 6.42 Å². The van der Waals surface area contributed by atoms with Gasteiger partial charge in [-0.2, -0.15) is 5.26 Å². The first-order valence-corrected chi connectivity index (χ1v) is 7.48. The Labute approximate surface area is 110 Å². The molecule has 0 aromatic heterocycles. The van der Waals surface area contributed by atoms with Crippen molar-refractivity contribution in [3.8, 4) is 6.07 Å². The maximum atomic E-state index is 11.9. The van der Waals surface area contributed by atoms with Crippen molar-refractivity contribution in [3.05, 3.63) is 0 Å². The van der Waals surface area contributed by atoms with Gasteiger partial charge < -0.3 is 5.32 Å². The molecule has 0 radical (unpaired) electrons. The lowest BCUT2D eigenvalue weighted by Gasteiger charge is -2.22. The van der Waals surface area contributed by atoms with Crippen molar-refractivity contribution in [2.75, 3.05) is 0 Å². The fourth-order valence-corrected chi connectivity index (χ4v) is 3.38. The second-order valence-electron chi connectivity index (χ2n) is 5.88. The van der Waals surface area contributed by atoms with Crippen molar-refractivity contribution in [1.82, 2.24) is 5.32 Å². The summed E-state index contributed by atoms with van der Waals surface area (Å²) in [7, 11) is 0. The van der Waals surface area contributed by atoms with Crippen LogP contribution >= 0.6 is 0 Å². The van der Waals surface area contributed by atoms with E-state index in [1.165, 1.54) is 32.1 Å². The van der Waals surface area contributed by atoms with Crippen molar-refractivity contribution in [3.63, 3.8) is 0 Å². The molecule has 0 heterocycles. The van der Waals surface area contributed by atoms with E-state index in [-0.39, 0.29) is 17.9 Å². The topological polar surface area (TPSA) is 52.9 Å². The van der Waals surface area contributed by atoms with Gasteiger partial charge in [-0.1, -0.05) is 32.1 Å². The fourth-order valence-electron chi connectivity index (χ4n) is 3.38. The van der Waals surface area contributed by atoms with Gasteiger partial charge in [0.05, 0.1) is 12.0 Å². The third-order valence-corrected chi connectivity index (χ3v) is 4.53. The summed E-state index contributed by atoms with van der Waals surface area (Å²) in [6.45, 7) is 0. The Morgan fingerprint density at radius 3 is 2.61 bits per heavy atom. The number of hydrogen-bond acceptors (Lipinski definition) is 2. The van der Waals surface area contributed by atoms with Gasteiger partial charge in [0.25, 0.3) is 0 Å². The fraction of sp³-hybridized carbons (Fsp3) is 0.867. The van der Waals surface area contributed by atoms with Crippen LogP contribution in [0.1, 0.15) is 64.2 Å². The Morgan fingerprint density at radius 2 is 1.89 bits per heavy atom. The van der Waals surface area contributed by atoms with Gasteiger partial charge in [0.15, 0.2) is 0 Å². The SMILES string of the molecule is N#CC1CCCC1NC(=O)CCC1CCCCC1. The molecule has 3 heteroatoms. The molecule has 2 atom stereocenters. The van der Waals surface area contributed by atoms with E-state index in [2.05, 4.69) is 11.4 Å². The normalized spacial score (nSPS) is 28.8.